The average Bonchev–Trinajstić information content (AvgIpc) is 3.22. The largest absolute Gasteiger partial charge is 0.303 e. The van der Waals surface area contributed by atoms with E-state index in [1.807, 2.05) is 0 Å². The van der Waals surface area contributed by atoms with Crippen molar-refractivity contribution in [1.82, 2.24) is 4.90 Å². The number of hydrogen-bond acceptors (Lipinski definition) is 1. The van der Waals surface area contributed by atoms with Gasteiger partial charge in [0.1, 0.15) is 0 Å². The smallest absolute Gasteiger partial charge is 0.00157 e. The Morgan fingerprint density at radius 1 is 1.06 bits per heavy atom. The summed E-state index contributed by atoms with van der Waals surface area (Å²) >= 11 is 0. The molecule has 0 aromatic heterocycles. The minimum absolute atomic E-state index is 0.866. The number of fused-ring (bicyclic) bond motifs is 3. The van der Waals surface area contributed by atoms with Crippen LogP contribution in [-0.2, 0) is 6.42 Å². The van der Waals surface area contributed by atoms with Gasteiger partial charge < -0.3 is 4.90 Å². The van der Waals surface area contributed by atoms with Crippen molar-refractivity contribution in [1.29, 1.82) is 0 Å². The fraction of sp³-hybridized carbons (Fsp3) is 0.647. The second-order valence-corrected chi connectivity index (χ2v) is 6.60. The summed E-state index contributed by atoms with van der Waals surface area (Å²) in [6, 6.07) is 9.18. The van der Waals surface area contributed by atoms with Crippen molar-refractivity contribution in [2.24, 2.45) is 11.8 Å². The molecule has 1 heteroatoms. The van der Waals surface area contributed by atoms with Gasteiger partial charge in [0, 0.05) is 13.1 Å². The summed E-state index contributed by atoms with van der Waals surface area (Å²) in [6.45, 7) is 4.10. The predicted molar refractivity (Wildman–Crippen MR) is 74.8 cm³/mol. The van der Waals surface area contributed by atoms with Gasteiger partial charge in [-0.15, -0.1) is 0 Å². The number of nitrogens with zero attached hydrogens (tertiary/aromatic N) is 1. The van der Waals surface area contributed by atoms with Gasteiger partial charge in [-0.05, 0) is 67.5 Å². The molecule has 1 aliphatic heterocycles. The van der Waals surface area contributed by atoms with E-state index in [1.165, 1.54) is 51.7 Å². The molecule has 2 atom stereocenters. The third-order valence-electron chi connectivity index (χ3n) is 5.27. The van der Waals surface area contributed by atoms with Crippen LogP contribution in [0, 0.1) is 11.8 Å². The number of aryl methyl sites for hydroxylation is 1. The summed E-state index contributed by atoms with van der Waals surface area (Å²) in [5, 5.41) is 0. The fourth-order valence-electron chi connectivity index (χ4n) is 4.11. The highest BCUT2D eigenvalue weighted by molar-refractivity contribution is 5.34. The van der Waals surface area contributed by atoms with Crippen molar-refractivity contribution >= 4 is 0 Å². The lowest BCUT2D eigenvalue weighted by molar-refractivity contribution is 0.136. The molecule has 4 rings (SSSR count). The van der Waals surface area contributed by atoms with Crippen LogP contribution in [-0.4, -0.2) is 24.5 Å². The first kappa shape index (κ1) is 11.0. The van der Waals surface area contributed by atoms with Gasteiger partial charge >= 0.3 is 0 Å². The molecule has 0 N–H and O–H groups in total. The maximum atomic E-state index is 2.76. The fourth-order valence-corrected chi connectivity index (χ4v) is 4.11. The second kappa shape index (κ2) is 4.38. The lowest BCUT2D eigenvalue weighted by atomic mass is 9.71. The summed E-state index contributed by atoms with van der Waals surface area (Å²) in [6.07, 6.45) is 7.12. The molecular formula is C17H23N. The third kappa shape index (κ3) is 1.99. The normalized spacial score (nSPS) is 31.8. The number of hydrogen-bond donors (Lipinski definition) is 0. The molecule has 1 aromatic carbocycles. The van der Waals surface area contributed by atoms with Crippen LogP contribution in [0.25, 0.3) is 0 Å². The first-order chi connectivity index (χ1) is 8.90. The molecule has 0 bridgehead atoms. The third-order valence-corrected chi connectivity index (χ3v) is 5.27. The zero-order valence-electron chi connectivity index (χ0n) is 11.1. The van der Waals surface area contributed by atoms with E-state index < -0.39 is 0 Å². The van der Waals surface area contributed by atoms with E-state index >= 15 is 0 Å². The van der Waals surface area contributed by atoms with Crippen LogP contribution < -0.4 is 0 Å². The second-order valence-electron chi connectivity index (χ2n) is 6.60. The van der Waals surface area contributed by atoms with E-state index in [1.54, 1.807) is 11.1 Å². The monoisotopic (exact) mass is 241 g/mol. The SMILES string of the molecule is c1ccc2c(c1)CCC1CN(CC3CC3)CCC21. The Balaban J connectivity index is 1.51. The molecule has 0 spiro atoms. The molecule has 0 radical (unpaired) electrons. The van der Waals surface area contributed by atoms with Crippen molar-refractivity contribution in [2.75, 3.05) is 19.6 Å². The Morgan fingerprint density at radius 2 is 1.94 bits per heavy atom. The van der Waals surface area contributed by atoms with Crippen molar-refractivity contribution in [3.8, 4) is 0 Å². The lowest BCUT2D eigenvalue weighted by Gasteiger charge is -2.42. The highest BCUT2D eigenvalue weighted by atomic mass is 15.1. The summed E-state index contributed by atoms with van der Waals surface area (Å²) in [7, 11) is 0. The number of rotatable bonds is 2. The average molecular weight is 241 g/mol. The van der Waals surface area contributed by atoms with Crippen LogP contribution in [0.1, 0.15) is 42.7 Å². The summed E-state index contributed by atoms with van der Waals surface area (Å²) < 4.78 is 0. The van der Waals surface area contributed by atoms with Gasteiger partial charge in [-0.2, -0.15) is 0 Å². The van der Waals surface area contributed by atoms with Crippen LogP contribution in [0.15, 0.2) is 24.3 Å². The van der Waals surface area contributed by atoms with Crippen molar-refractivity contribution in [3.63, 3.8) is 0 Å². The lowest BCUT2D eigenvalue weighted by Crippen LogP contribution is -2.42. The molecule has 1 saturated heterocycles. The molecule has 1 saturated carbocycles. The Kier molecular flexibility index (Phi) is 2.69. The van der Waals surface area contributed by atoms with Gasteiger partial charge in [-0.25, -0.2) is 0 Å². The quantitative estimate of drug-likeness (QED) is 0.766. The van der Waals surface area contributed by atoms with Crippen molar-refractivity contribution in [2.45, 2.75) is 38.0 Å². The molecule has 2 aliphatic carbocycles. The van der Waals surface area contributed by atoms with Crippen LogP contribution in [0.5, 0.6) is 0 Å². The van der Waals surface area contributed by atoms with E-state index in [0.29, 0.717) is 0 Å². The summed E-state index contributed by atoms with van der Waals surface area (Å²) in [4.78, 5) is 2.76. The molecule has 1 aromatic rings. The standard InChI is InChI=1S/C17H23N/c1-2-4-16-14(3-1)7-8-15-12-18(10-9-17(15)16)11-13-5-6-13/h1-4,13,15,17H,5-12H2. The van der Waals surface area contributed by atoms with Gasteiger partial charge in [-0.1, -0.05) is 24.3 Å². The van der Waals surface area contributed by atoms with Crippen LogP contribution in [0.3, 0.4) is 0 Å². The molecule has 2 fully saturated rings. The zero-order valence-corrected chi connectivity index (χ0v) is 11.1. The van der Waals surface area contributed by atoms with E-state index in [0.717, 1.165) is 17.8 Å². The topological polar surface area (TPSA) is 3.24 Å². The first-order valence-corrected chi connectivity index (χ1v) is 7.70. The van der Waals surface area contributed by atoms with Crippen molar-refractivity contribution < 1.29 is 0 Å². The molecule has 96 valence electrons. The van der Waals surface area contributed by atoms with E-state index in [4.69, 9.17) is 0 Å². The van der Waals surface area contributed by atoms with Gasteiger partial charge in [0.15, 0.2) is 0 Å². The predicted octanol–water partition coefficient (Wildman–Crippen LogP) is 3.45. The summed E-state index contributed by atoms with van der Waals surface area (Å²) in [5.41, 5.74) is 3.31. The highest BCUT2D eigenvalue weighted by Crippen LogP contribution is 2.42. The zero-order chi connectivity index (χ0) is 11.9. The van der Waals surface area contributed by atoms with Crippen molar-refractivity contribution in [3.05, 3.63) is 35.4 Å². The molecule has 2 unspecified atom stereocenters. The van der Waals surface area contributed by atoms with Gasteiger partial charge in [0.05, 0.1) is 0 Å². The summed E-state index contributed by atoms with van der Waals surface area (Å²) in [5.74, 6) is 2.86. The number of piperidine rings is 1. The number of likely N-dealkylation sites (tertiary alicyclic amines) is 1. The molecular weight excluding hydrogens is 218 g/mol. The van der Waals surface area contributed by atoms with Crippen LogP contribution in [0.4, 0.5) is 0 Å². The maximum Gasteiger partial charge on any atom is 0.00157 e. The van der Waals surface area contributed by atoms with E-state index in [9.17, 15) is 0 Å². The molecule has 1 heterocycles. The van der Waals surface area contributed by atoms with Crippen LogP contribution >= 0.6 is 0 Å². The van der Waals surface area contributed by atoms with E-state index in [-0.39, 0.29) is 0 Å². The maximum absolute atomic E-state index is 2.76. The Labute approximate surface area is 110 Å². The van der Waals surface area contributed by atoms with Gasteiger partial charge in [0.25, 0.3) is 0 Å². The van der Waals surface area contributed by atoms with Crippen LogP contribution in [0.2, 0.25) is 0 Å². The minimum Gasteiger partial charge on any atom is -0.303 e. The minimum atomic E-state index is 0.866. The Morgan fingerprint density at radius 3 is 2.83 bits per heavy atom. The molecule has 3 aliphatic rings. The Hall–Kier alpha value is -0.820. The van der Waals surface area contributed by atoms with E-state index in [2.05, 4.69) is 29.2 Å². The Bertz CT molecular complexity index is 435. The first-order valence-electron chi connectivity index (χ1n) is 7.70. The molecule has 18 heavy (non-hydrogen) atoms. The highest BCUT2D eigenvalue weighted by Gasteiger charge is 2.35. The van der Waals surface area contributed by atoms with Gasteiger partial charge in [0.2, 0.25) is 0 Å². The van der Waals surface area contributed by atoms with Gasteiger partial charge in [-0.3, -0.25) is 0 Å². The number of benzene rings is 1. The molecule has 1 nitrogen and oxygen atoms in total. The molecule has 0 amide bonds.